The molecule has 2 N–H and O–H groups in total. The highest BCUT2D eigenvalue weighted by Gasteiger charge is 2.02. The van der Waals surface area contributed by atoms with Crippen molar-refractivity contribution < 1.29 is 0 Å². The summed E-state index contributed by atoms with van der Waals surface area (Å²) in [4.78, 5) is 0. The number of rotatable bonds is 7. The molecule has 21 heavy (non-hydrogen) atoms. The van der Waals surface area contributed by atoms with Crippen LogP contribution in [-0.4, -0.2) is 19.6 Å². The maximum absolute atomic E-state index is 3.54. The summed E-state index contributed by atoms with van der Waals surface area (Å²) in [6.45, 7) is 9.46. The van der Waals surface area contributed by atoms with Crippen molar-refractivity contribution >= 4 is 5.69 Å². The average molecular weight is 282 g/mol. The maximum Gasteiger partial charge on any atom is 0.0400 e. The van der Waals surface area contributed by atoms with Crippen LogP contribution in [0.4, 0.5) is 5.69 Å². The number of anilines is 1. The first kappa shape index (κ1) is 15.6. The number of aryl methyl sites for hydroxylation is 3. The van der Waals surface area contributed by atoms with Crippen LogP contribution in [0, 0.1) is 20.8 Å². The molecule has 2 heteroatoms. The Morgan fingerprint density at radius 2 is 1.48 bits per heavy atom. The normalized spacial score (nSPS) is 10.6. The molecule has 0 heterocycles. The van der Waals surface area contributed by atoms with Crippen molar-refractivity contribution in [3.05, 3.63) is 64.7 Å². The molecular formula is C19H26N2. The summed E-state index contributed by atoms with van der Waals surface area (Å²) in [7, 11) is 0. The molecule has 0 saturated carbocycles. The van der Waals surface area contributed by atoms with E-state index in [1.54, 1.807) is 0 Å². The molecule has 0 unspecified atom stereocenters. The second kappa shape index (κ2) is 7.84. The lowest BCUT2D eigenvalue weighted by Crippen LogP contribution is -2.24. The van der Waals surface area contributed by atoms with Gasteiger partial charge >= 0.3 is 0 Å². The minimum absolute atomic E-state index is 0.958. The minimum Gasteiger partial charge on any atom is -0.383 e. The van der Waals surface area contributed by atoms with Crippen LogP contribution < -0.4 is 10.6 Å². The molecule has 0 saturated heterocycles. The van der Waals surface area contributed by atoms with E-state index >= 15 is 0 Å². The van der Waals surface area contributed by atoms with E-state index in [9.17, 15) is 0 Å². The van der Waals surface area contributed by atoms with Gasteiger partial charge in [-0.25, -0.2) is 0 Å². The zero-order valence-electron chi connectivity index (χ0n) is 13.4. The van der Waals surface area contributed by atoms with E-state index in [2.05, 4.69) is 73.9 Å². The summed E-state index contributed by atoms with van der Waals surface area (Å²) in [6, 6.07) is 15.1. The molecule has 2 aromatic carbocycles. The third-order valence-electron chi connectivity index (χ3n) is 3.71. The Bertz CT molecular complexity index is 538. The summed E-state index contributed by atoms with van der Waals surface area (Å²) in [5.41, 5.74) is 6.67. The van der Waals surface area contributed by atoms with E-state index < -0.39 is 0 Å². The van der Waals surface area contributed by atoms with E-state index in [1.807, 2.05) is 0 Å². The van der Waals surface area contributed by atoms with Gasteiger partial charge in [0.2, 0.25) is 0 Å². The first-order chi connectivity index (χ1) is 10.2. The topological polar surface area (TPSA) is 24.1 Å². The summed E-state index contributed by atoms with van der Waals surface area (Å²) in [6.07, 6.45) is 1.09. The van der Waals surface area contributed by atoms with Crippen LogP contribution in [0.5, 0.6) is 0 Å². The molecular weight excluding hydrogens is 256 g/mol. The van der Waals surface area contributed by atoms with Gasteiger partial charge in [0, 0.05) is 18.8 Å². The molecule has 2 nitrogen and oxygen atoms in total. The number of hydrogen-bond acceptors (Lipinski definition) is 2. The zero-order valence-corrected chi connectivity index (χ0v) is 13.4. The molecule has 0 aromatic heterocycles. The van der Waals surface area contributed by atoms with Crippen molar-refractivity contribution in [3.63, 3.8) is 0 Å². The van der Waals surface area contributed by atoms with Crippen molar-refractivity contribution in [3.8, 4) is 0 Å². The van der Waals surface area contributed by atoms with Gasteiger partial charge in [-0.05, 0) is 50.4 Å². The van der Waals surface area contributed by atoms with Crippen molar-refractivity contribution in [2.24, 2.45) is 0 Å². The largest absolute Gasteiger partial charge is 0.383 e. The van der Waals surface area contributed by atoms with Crippen molar-refractivity contribution in [2.45, 2.75) is 27.2 Å². The van der Waals surface area contributed by atoms with Crippen LogP contribution >= 0.6 is 0 Å². The fraction of sp³-hybridized carbons (Fsp3) is 0.368. The van der Waals surface area contributed by atoms with Gasteiger partial charge in [-0.3, -0.25) is 0 Å². The Morgan fingerprint density at radius 1 is 0.810 bits per heavy atom. The molecule has 0 amide bonds. The summed E-state index contributed by atoms with van der Waals surface area (Å²) in [5.74, 6) is 0. The number of benzene rings is 2. The summed E-state index contributed by atoms with van der Waals surface area (Å²) < 4.78 is 0. The molecule has 0 spiro atoms. The molecule has 112 valence electrons. The van der Waals surface area contributed by atoms with Crippen LogP contribution in [0.15, 0.2) is 42.5 Å². The first-order valence-electron chi connectivity index (χ1n) is 7.73. The quantitative estimate of drug-likeness (QED) is 0.754. The maximum atomic E-state index is 3.54. The van der Waals surface area contributed by atoms with Crippen molar-refractivity contribution in [2.75, 3.05) is 25.0 Å². The van der Waals surface area contributed by atoms with Crippen molar-refractivity contribution in [1.29, 1.82) is 0 Å². The molecule has 0 fully saturated rings. The van der Waals surface area contributed by atoms with Crippen LogP contribution in [0.25, 0.3) is 0 Å². The van der Waals surface area contributed by atoms with Gasteiger partial charge in [-0.15, -0.1) is 0 Å². The van der Waals surface area contributed by atoms with Gasteiger partial charge in [0.1, 0.15) is 0 Å². The fourth-order valence-electron chi connectivity index (χ4n) is 2.74. The van der Waals surface area contributed by atoms with E-state index in [0.29, 0.717) is 0 Å². The fourth-order valence-corrected chi connectivity index (χ4v) is 2.74. The summed E-state index contributed by atoms with van der Waals surface area (Å²) in [5, 5.41) is 7.04. The molecule has 2 rings (SSSR count). The standard InChI is InChI=1S/C19H26N2/c1-15-13-16(2)19(17(3)14-15)21-12-11-20-10-9-18-7-5-4-6-8-18/h4-8,13-14,20-21H,9-12H2,1-3H3. The lowest BCUT2D eigenvalue weighted by Gasteiger charge is -2.14. The molecule has 0 aliphatic carbocycles. The Labute approximate surface area is 128 Å². The second-order valence-electron chi connectivity index (χ2n) is 5.69. The Kier molecular flexibility index (Phi) is 5.82. The predicted molar refractivity (Wildman–Crippen MR) is 92.2 cm³/mol. The van der Waals surface area contributed by atoms with Crippen LogP contribution in [0.3, 0.4) is 0 Å². The smallest absolute Gasteiger partial charge is 0.0400 e. The molecule has 0 atom stereocenters. The average Bonchev–Trinajstić information content (AvgIpc) is 2.45. The highest BCUT2D eigenvalue weighted by atomic mass is 14.9. The number of nitrogens with one attached hydrogen (secondary N) is 2. The van der Waals surface area contributed by atoms with Crippen molar-refractivity contribution in [1.82, 2.24) is 5.32 Å². The van der Waals surface area contributed by atoms with Crippen LogP contribution in [0.1, 0.15) is 22.3 Å². The van der Waals surface area contributed by atoms with Gasteiger partial charge in [0.05, 0.1) is 0 Å². The third-order valence-corrected chi connectivity index (χ3v) is 3.71. The SMILES string of the molecule is Cc1cc(C)c(NCCNCCc2ccccc2)c(C)c1. The van der Waals surface area contributed by atoms with Gasteiger partial charge < -0.3 is 10.6 Å². The Balaban J connectivity index is 1.68. The van der Waals surface area contributed by atoms with Gasteiger partial charge in [-0.1, -0.05) is 48.0 Å². The van der Waals surface area contributed by atoms with E-state index in [1.165, 1.54) is 27.9 Å². The zero-order chi connectivity index (χ0) is 15.1. The predicted octanol–water partition coefficient (Wildman–Crippen LogP) is 3.86. The minimum atomic E-state index is 0.958. The first-order valence-corrected chi connectivity index (χ1v) is 7.73. The molecule has 0 radical (unpaired) electrons. The van der Waals surface area contributed by atoms with Crippen LogP contribution in [0.2, 0.25) is 0 Å². The third kappa shape index (κ3) is 4.91. The second-order valence-corrected chi connectivity index (χ2v) is 5.69. The lowest BCUT2D eigenvalue weighted by molar-refractivity contribution is 0.699. The highest BCUT2D eigenvalue weighted by molar-refractivity contribution is 5.58. The van der Waals surface area contributed by atoms with Crippen LogP contribution in [-0.2, 0) is 6.42 Å². The molecule has 0 bridgehead atoms. The van der Waals surface area contributed by atoms with Gasteiger partial charge in [-0.2, -0.15) is 0 Å². The highest BCUT2D eigenvalue weighted by Crippen LogP contribution is 2.21. The van der Waals surface area contributed by atoms with E-state index in [4.69, 9.17) is 0 Å². The lowest BCUT2D eigenvalue weighted by atomic mass is 10.1. The van der Waals surface area contributed by atoms with E-state index in [-0.39, 0.29) is 0 Å². The Hall–Kier alpha value is -1.80. The summed E-state index contributed by atoms with van der Waals surface area (Å²) >= 11 is 0. The van der Waals surface area contributed by atoms with Gasteiger partial charge in [0.15, 0.2) is 0 Å². The molecule has 0 aliphatic rings. The monoisotopic (exact) mass is 282 g/mol. The van der Waals surface area contributed by atoms with Gasteiger partial charge in [0.25, 0.3) is 0 Å². The Morgan fingerprint density at radius 3 is 2.14 bits per heavy atom. The van der Waals surface area contributed by atoms with E-state index in [0.717, 1.165) is 26.1 Å². The number of hydrogen-bond donors (Lipinski definition) is 2. The molecule has 0 aliphatic heterocycles. The molecule has 2 aromatic rings.